The Morgan fingerprint density at radius 2 is 1.82 bits per heavy atom. The van der Waals surface area contributed by atoms with E-state index >= 15 is 0 Å². The van der Waals surface area contributed by atoms with Crippen LogP contribution in [0.15, 0.2) is 36.4 Å². The van der Waals surface area contributed by atoms with E-state index in [9.17, 15) is 14.4 Å². The number of carbonyl (C=O) groups is 3. The van der Waals surface area contributed by atoms with Gasteiger partial charge in [0.15, 0.2) is 6.61 Å². The van der Waals surface area contributed by atoms with Gasteiger partial charge in [-0.1, -0.05) is 44.2 Å². The molecule has 2 aromatic rings. The maximum absolute atomic E-state index is 12.2. The first-order valence-corrected chi connectivity index (χ1v) is 10.1. The average molecular weight is 404 g/mol. The first kappa shape index (κ1) is 21.6. The van der Waals surface area contributed by atoms with E-state index in [1.165, 1.54) is 11.3 Å². The van der Waals surface area contributed by atoms with Crippen LogP contribution in [-0.2, 0) is 25.5 Å². The molecule has 0 saturated carbocycles. The summed E-state index contributed by atoms with van der Waals surface area (Å²) in [6, 6.07) is 11.4. The Balaban J connectivity index is 1.89. The Labute approximate surface area is 168 Å². The number of carbonyl (C=O) groups excluding carboxylic acids is 3. The van der Waals surface area contributed by atoms with Crippen molar-refractivity contribution < 1.29 is 23.9 Å². The Kier molecular flexibility index (Phi) is 8.19. The van der Waals surface area contributed by atoms with Crippen LogP contribution >= 0.6 is 11.3 Å². The minimum atomic E-state index is -0.490. The van der Waals surface area contributed by atoms with Crippen molar-refractivity contribution in [3.8, 4) is 0 Å². The Bertz CT molecular complexity index is 815. The molecule has 1 N–H and O–H groups in total. The molecule has 0 unspecified atom stereocenters. The lowest BCUT2D eigenvalue weighted by molar-refractivity contribution is -0.147. The van der Waals surface area contributed by atoms with E-state index in [0.717, 1.165) is 16.9 Å². The van der Waals surface area contributed by atoms with Crippen molar-refractivity contribution in [1.29, 1.82) is 0 Å². The highest BCUT2D eigenvalue weighted by Crippen LogP contribution is 2.29. The molecule has 0 fully saturated rings. The van der Waals surface area contributed by atoms with Crippen molar-refractivity contribution in [1.82, 2.24) is 0 Å². The molecule has 0 aliphatic heterocycles. The number of amides is 1. The first-order chi connectivity index (χ1) is 13.4. The number of ether oxygens (including phenoxy) is 2. The second kappa shape index (κ2) is 10.6. The summed E-state index contributed by atoms with van der Waals surface area (Å²) in [5, 5.41) is 3.06. The average Bonchev–Trinajstić information content (AvgIpc) is 3.10. The number of benzene rings is 1. The minimum Gasteiger partial charge on any atom is -0.462 e. The van der Waals surface area contributed by atoms with Gasteiger partial charge < -0.3 is 14.8 Å². The summed E-state index contributed by atoms with van der Waals surface area (Å²) in [6.07, 6.45) is 0.920. The summed E-state index contributed by atoms with van der Waals surface area (Å²) in [4.78, 5) is 37.2. The van der Waals surface area contributed by atoms with Gasteiger partial charge in [-0.15, -0.1) is 11.3 Å². The van der Waals surface area contributed by atoms with E-state index in [1.54, 1.807) is 13.0 Å². The maximum Gasteiger partial charge on any atom is 0.341 e. The molecule has 1 aromatic carbocycles. The predicted octanol–water partition coefficient (Wildman–Crippen LogP) is 4.16. The van der Waals surface area contributed by atoms with Crippen molar-refractivity contribution in [2.75, 3.05) is 18.5 Å². The lowest BCUT2D eigenvalue weighted by Gasteiger charge is -2.11. The molecule has 0 spiro atoms. The van der Waals surface area contributed by atoms with Crippen molar-refractivity contribution >= 4 is 34.2 Å². The number of hydrogen-bond acceptors (Lipinski definition) is 6. The summed E-state index contributed by atoms with van der Waals surface area (Å²) >= 11 is 1.31. The van der Waals surface area contributed by atoms with Gasteiger partial charge in [0.05, 0.1) is 18.6 Å². The Morgan fingerprint density at radius 3 is 2.46 bits per heavy atom. The van der Waals surface area contributed by atoms with Crippen LogP contribution in [0, 0.1) is 0 Å². The number of anilines is 1. The molecular weight excluding hydrogens is 378 g/mol. The van der Waals surface area contributed by atoms with Crippen LogP contribution in [0.4, 0.5) is 5.00 Å². The van der Waals surface area contributed by atoms with Crippen molar-refractivity contribution in [2.45, 2.75) is 39.5 Å². The van der Waals surface area contributed by atoms with Crippen LogP contribution in [0.5, 0.6) is 0 Å². The highest BCUT2D eigenvalue weighted by Gasteiger charge is 2.19. The zero-order valence-corrected chi connectivity index (χ0v) is 17.1. The van der Waals surface area contributed by atoms with E-state index in [2.05, 4.69) is 5.32 Å². The molecule has 0 radical (unpaired) electrons. The normalized spacial score (nSPS) is 11.5. The number of rotatable bonds is 9. The Morgan fingerprint density at radius 1 is 1.11 bits per heavy atom. The van der Waals surface area contributed by atoms with Crippen LogP contribution in [-0.4, -0.2) is 31.1 Å². The molecule has 7 heteroatoms. The van der Waals surface area contributed by atoms with E-state index in [1.807, 2.05) is 44.2 Å². The van der Waals surface area contributed by atoms with E-state index < -0.39 is 24.5 Å². The zero-order chi connectivity index (χ0) is 20.5. The number of esters is 2. The minimum absolute atomic E-state index is 0.00316. The van der Waals surface area contributed by atoms with Crippen LogP contribution < -0.4 is 5.32 Å². The summed E-state index contributed by atoms with van der Waals surface area (Å²) < 4.78 is 10.1. The largest absolute Gasteiger partial charge is 0.462 e. The molecule has 150 valence electrons. The van der Waals surface area contributed by atoms with Gasteiger partial charge in [0.1, 0.15) is 5.00 Å². The van der Waals surface area contributed by atoms with Crippen molar-refractivity contribution in [2.24, 2.45) is 0 Å². The van der Waals surface area contributed by atoms with Gasteiger partial charge in [-0.2, -0.15) is 0 Å². The molecule has 6 nitrogen and oxygen atoms in total. The quantitative estimate of drug-likeness (QED) is 0.636. The second-order valence-corrected chi connectivity index (χ2v) is 7.39. The van der Waals surface area contributed by atoms with Gasteiger partial charge in [0, 0.05) is 4.88 Å². The topological polar surface area (TPSA) is 81.7 Å². The van der Waals surface area contributed by atoms with Crippen LogP contribution in [0.2, 0.25) is 0 Å². The third kappa shape index (κ3) is 6.20. The van der Waals surface area contributed by atoms with Gasteiger partial charge in [0.2, 0.25) is 0 Å². The first-order valence-electron chi connectivity index (χ1n) is 9.24. The molecule has 1 atom stereocenters. The lowest BCUT2D eigenvalue weighted by atomic mass is 9.98. The van der Waals surface area contributed by atoms with Crippen LogP contribution in [0.3, 0.4) is 0 Å². The smallest absolute Gasteiger partial charge is 0.341 e. The molecular formula is C21H25NO5S. The molecule has 1 heterocycles. The molecule has 0 aliphatic carbocycles. The van der Waals surface area contributed by atoms with E-state index in [4.69, 9.17) is 9.47 Å². The third-order valence-electron chi connectivity index (χ3n) is 4.09. The van der Waals surface area contributed by atoms with Gasteiger partial charge in [-0.25, -0.2) is 4.79 Å². The highest BCUT2D eigenvalue weighted by atomic mass is 32.1. The van der Waals surface area contributed by atoms with Crippen molar-refractivity contribution in [3.05, 3.63) is 52.4 Å². The summed E-state index contributed by atoms with van der Waals surface area (Å²) in [7, 11) is 0. The van der Waals surface area contributed by atoms with E-state index in [0.29, 0.717) is 10.6 Å². The molecule has 2 rings (SSSR count). The van der Waals surface area contributed by atoms with Gasteiger partial charge in [-0.3, -0.25) is 9.59 Å². The summed E-state index contributed by atoms with van der Waals surface area (Å²) in [6.45, 7) is 5.46. The van der Waals surface area contributed by atoms with Crippen LogP contribution in [0.25, 0.3) is 0 Å². The SMILES string of the molecule is CCOC(=O)c1cc(CC)sc1NC(=O)COC(=O)C[C@@H](C)c1ccccc1. The molecule has 28 heavy (non-hydrogen) atoms. The maximum atomic E-state index is 12.2. The standard InChI is InChI=1S/C21H25NO5S/c1-4-16-12-17(21(25)26-5-2)20(28-16)22-18(23)13-27-19(24)11-14(3)15-9-7-6-8-10-15/h6-10,12,14H,4-5,11,13H2,1-3H3,(H,22,23)/t14-/m1/s1. The fourth-order valence-corrected chi connectivity index (χ4v) is 3.59. The second-order valence-electron chi connectivity index (χ2n) is 6.25. The molecule has 0 bridgehead atoms. The summed E-state index contributed by atoms with van der Waals surface area (Å²) in [5.41, 5.74) is 1.36. The van der Waals surface area contributed by atoms with Gasteiger partial charge in [0.25, 0.3) is 5.91 Å². The Hall–Kier alpha value is -2.67. The van der Waals surface area contributed by atoms with Crippen molar-refractivity contribution in [3.63, 3.8) is 0 Å². The lowest BCUT2D eigenvalue weighted by Crippen LogP contribution is -2.22. The summed E-state index contributed by atoms with van der Waals surface area (Å²) in [5.74, 6) is -1.42. The molecule has 0 saturated heterocycles. The molecule has 1 amide bonds. The molecule has 0 aliphatic rings. The highest BCUT2D eigenvalue weighted by molar-refractivity contribution is 7.16. The number of thiophene rings is 1. The zero-order valence-electron chi connectivity index (χ0n) is 16.3. The number of nitrogens with one attached hydrogen (secondary N) is 1. The van der Waals surface area contributed by atoms with Crippen LogP contribution in [0.1, 0.15) is 53.9 Å². The van der Waals surface area contributed by atoms with Gasteiger partial charge in [-0.05, 0) is 30.9 Å². The predicted molar refractivity (Wildman–Crippen MR) is 109 cm³/mol. The van der Waals surface area contributed by atoms with E-state index in [-0.39, 0.29) is 18.9 Å². The monoisotopic (exact) mass is 403 g/mol. The fourth-order valence-electron chi connectivity index (χ4n) is 2.59. The fraction of sp³-hybridized carbons (Fsp3) is 0.381. The number of aryl methyl sites for hydroxylation is 1. The molecule has 1 aromatic heterocycles. The van der Waals surface area contributed by atoms with Gasteiger partial charge >= 0.3 is 11.9 Å². The third-order valence-corrected chi connectivity index (χ3v) is 5.28. The number of hydrogen-bond donors (Lipinski definition) is 1.